The zero-order valence-electron chi connectivity index (χ0n) is 7.31. The fourth-order valence-electron chi connectivity index (χ4n) is 0.562. The molecule has 13 heteroatoms. The Labute approximate surface area is 89.3 Å². The highest BCUT2D eigenvalue weighted by Gasteiger charge is 2.38. The second-order valence-electron chi connectivity index (χ2n) is 2.34. The summed E-state index contributed by atoms with van der Waals surface area (Å²) in [7, 11) is -16.5. The van der Waals surface area contributed by atoms with Crippen molar-refractivity contribution < 1.29 is 37.9 Å². The van der Waals surface area contributed by atoms with Crippen LogP contribution in [0.5, 0.6) is 0 Å². The summed E-state index contributed by atoms with van der Waals surface area (Å²) < 4.78 is 96.3. The largest absolute Gasteiger partial charge is 0.350 e. The SMILES string of the molecule is CS(=O)(=O)NS(=O)(=O)C(=C(F)F)S(=O)(=O)F. The van der Waals surface area contributed by atoms with Crippen molar-refractivity contribution in [3.05, 3.63) is 10.3 Å². The number of hydrogen-bond acceptors (Lipinski definition) is 6. The van der Waals surface area contributed by atoms with Crippen LogP contribution < -0.4 is 4.13 Å². The fraction of sp³-hybridized carbons (Fsp3) is 0.333. The lowest BCUT2D eigenvalue weighted by atomic mass is 11.1. The Morgan fingerprint density at radius 1 is 1.00 bits per heavy atom. The summed E-state index contributed by atoms with van der Waals surface area (Å²) in [6.07, 6.45) is -3.14. The molecule has 0 bridgehead atoms. The molecule has 0 spiro atoms. The molecule has 0 amide bonds. The van der Waals surface area contributed by atoms with Gasteiger partial charge in [0.25, 0.3) is 14.3 Å². The van der Waals surface area contributed by atoms with Crippen molar-refractivity contribution >= 4 is 30.3 Å². The molecule has 0 radical (unpaired) electrons. The summed E-state index contributed by atoms with van der Waals surface area (Å²) in [5, 5.41) is 0. The Balaban J connectivity index is 5.94. The molecule has 1 N–H and O–H groups in total. The van der Waals surface area contributed by atoms with E-state index in [1.807, 2.05) is 0 Å². The minimum Gasteiger partial charge on any atom is -0.212 e. The van der Waals surface area contributed by atoms with Gasteiger partial charge in [0.2, 0.25) is 10.0 Å². The van der Waals surface area contributed by atoms with Gasteiger partial charge in [0.05, 0.1) is 6.26 Å². The second-order valence-corrected chi connectivity index (χ2v) is 7.51. The smallest absolute Gasteiger partial charge is 0.212 e. The highest BCUT2D eigenvalue weighted by molar-refractivity contribution is 8.16. The molecule has 0 aliphatic carbocycles. The standard InChI is InChI=1S/C3H4F3NO6S3/c1-14(8,9)7-16(12,13)3(2(4)5)15(6,10)11/h7H,1H3. The van der Waals surface area contributed by atoms with E-state index in [1.165, 1.54) is 0 Å². The van der Waals surface area contributed by atoms with Crippen LogP contribution in [0, 0.1) is 0 Å². The molecule has 0 heterocycles. The molecule has 0 aromatic heterocycles. The number of rotatable bonds is 4. The second kappa shape index (κ2) is 4.31. The van der Waals surface area contributed by atoms with E-state index in [4.69, 9.17) is 0 Å². The summed E-state index contributed by atoms with van der Waals surface area (Å²) in [6, 6.07) is 0. The van der Waals surface area contributed by atoms with Crippen LogP contribution >= 0.6 is 0 Å². The highest BCUT2D eigenvalue weighted by Crippen LogP contribution is 2.22. The average Bonchev–Trinajstić information content (AvgIpc) is 1.70. The molecule has 7 nitrogen and oxygen atoms in total. The quantitative estimate of drug-likeness (QED) is 0.682. The minimum atomic E-state index is -6.28. The molecule has 0 aliphatic heterocycles. The lowest BCUT2D eigenvalue weighted by Gasteiger charge is -2.03. The van der Waals surface area contributed by atoms with Crippen molar-refractivity contribution in [3.8, 4) is 0 Å². The third-order valence-electron chi connectivity index (χ3n) is 0.881. The highest BCUT2D eigenvalue weighted by atomic mass is 32.3. The van der Waals surface area contributed by atoms with E-state index in [0.717, 1.165) is 0 Å². The third kappa shape index (κ3) is 4.46. The van der Waals surface area contributed by atoms with Crippen LogP contribution in [-0.2, 0) is 30.3 Å². The van der Waals surface area contributed by atoms with Gasteiger partial charge in [-0.2, -0.15) is 17.2 Å². The molecule has 0 aromatic rings. The van der Waals surface area contributed by atoms with E-state index in [0.29, 0.717) is 4.13 Å². The monoisotopic (exact) mass is 303 g/mol. The Bertz CT molecular complexity index is 609. The van der Waals surface area contributed by atoms with Gasteiger partial charge in [0.15, 0.2) is 0 Å². The predicted octanol–water partition coefficient (Wildman–Crippen LogP) is -0.770. The average molecular weight is 303 g/mol. The van der Waals surface area contributed by atoms with E-state index in [-0.39, 0.29) is 6.26 Å². The Morgan fingerprint density at radius 2 is 1.38 bits per heavy atom. The maximum atomic E-state index is 12.2. The first-order valence-electron chi connectivity index (χ1n) is 3.01. The molecule has 0 unspecified atom stereocenters. The van der Waals surface area contributed by atoms with Crippen molar-refractivity contribution in [3.63, 3.8) is 0 Å². The number of nitrogens with one attached hydrogen (secondary N) is 1. The predicted molar refractivity (Wildman–Crippen MR) is 46.2 cm³/mol. The normalized spacial score (nSPS) is 13.5. The Hall–Kier alpha value is -0.660. The molecule has 0 rings (SSSR count). The first-order valence-corrected chi connectivity index (χ1v) is 7.77. The minimum absolute atomic E-state index is 0.253. The first kappa shape index (κ1) is 15.3. The number of hydrogen-bond donors (Lipinski definition) is 1. The molecule has 0 saturated heterocycles. The van der Waals surface area contributed by atoms with Crippen LogP contribution in [0.25, 0.3) is 0 Å². The molecular weight excluding hydrogens is 299 g/mol. The van der Waals surface area contributed by atoms with Crippen molar-refractivity contribution in [2.24, 2.45) is 0 Å². The van der Waals surface area contributed by atoms with Gasteiger partial charge >= 0.3 is 16.3 Å². The summed E-state index contributed by atoms with van der Waals surface area (Å²) >= 11 is 0. The fourth-order valence-corrected chi connectivity index (χ4v) is 4.20. The molecule has 0 aromatic carbocycles. The Morgan fingerprint density at radius 3 is 1.56 bits per heavy atom. The van der Waals surface area contributed by atoms with Crippen LogP contribution in [0.1, 0.15) is 0 Å². The summed E-state index contributed by atoms with van der Waals surface area (Å²) in [5.74, 6) is 0. The molecule has 16 heavy (non-hydrogen) atoms. The van der Waals surface area contributed by atoms with Gasteiger partial charge in [-0.3, -0.25) is 0 Å². The first-order chi connectivity index (χ1) is 6.77. The van der Waals surface area contributed by atoms with Crippen LogP contribution in [0.4, 0.5) is 12.7 Å². The summed E-state index contributed by atoms with van der Waals surface area (Å²) in [4.78, 5) is 0. The van der Waals surface area contributed by atoms with Crippen LogP contribution in [0.15, 0.2) is 10.3 Å². The van der Waals surface area contributed by atoms with Gasteiger partial charge in [0, 0.05) is 0 Å². The van der Waals surface area contributed by atoms with Gasteiger partial charge < -0.3 is 0 Å². The molecule has 0 saturated carbocycles. The topological polar surface area (TPSA) is 114 Å². The van der Waals surface area contributed by atoms with Gasteiger partial charge in [-0.25, -0.2) is 16.8 Å². The van der Waals surface area contributed by atoms with Crippen molar-refractivity contribution in [1.82, 2.24) is 4.13 Å². The van der Waals surface area contributed by atoms with Crippen molar-refractivity contribution in [2.75, 3.05) is 6.26 Å². The van der Waals surface area contributed by atoms with Gasteiger partial charge in [-0.15, -0.1) is 4.13 Å². The van der Waals surface area contributed by atoms with E-state index in [2.05, 4.69) is 0 Å². The molecular formula is C3H4F3NO6S3. The molecule has 0 fully saturated rings. The van der Waals surface area contributed by atoms with E-state index >= 15 is 0 Å². The van der Waals surface area contributed by atoms with E-state index in [1.54, 1.807) is 0 Å². The maximum absolute atomic E-state index is 12.2. The summed E-state index contributed by atoms with van der Waals surface area (Å²) in [6.45, 7) is 0. The van der Waals surface area contributed by atoms with Crippen molar-refractivity contribution in [2.45, 2.75) is 0 Å². The maximum Gasteiger partial charge on any atom is 0.350 e. The zero-order valence-corrected chi connectivity index (χ0v) is 9.76. The number of sulfonamides is 2. The molecule has 0 aliphatic rings. The van der Waals surface area contributed by atoms with Gasteiger partial charge in [-0.05, 0) is 0 Å². The van der Waals surface area contributed by atoms with Crippen molar-refractivity contribution in [1.29, 1.82) is 0 Å². The molecule has 96 valence electrons. The summed E-state index contributed by atoms with van der Waals surface area (Å²) in [5.41, 5.74) is 0. The Kier molecular flexibility index (Phi) is 4.13. The lowest BCUT2D eigenvalue weighted by Crippen LogP contribution is -2.32. The molecule has 0 atom stereocenters. The van der Waals surface area contributed by atoms with Gasteiger partial charge in [-0.1, -0.05) is 3.89 Å². The number of halogens is 3. The van der Waals surface area contributed by atoms with Crippen LogP contribution in [-0.4, -0.2) is 31.5 Å². The lowest BCUT2D eigenvalue weighted by molar-refractivity contribution is 0.418. The van der Waals surface area contributed by atoms with E-state index < -0.39 is 40.6 Å². The van der Waals surface area contributed by atoms with Gasteiger partial charge in [0.1, 0.15) is 0 Å². The van der Waals surface area contributed by atoms with Crippen LogP contribution in [0.3, 0.4) is 0 Å². The zero-order chi connectivity index (χ0) is 13.4. The third-order valence-corrected chi connectivity index (χ3v) is 5.46. The van der Waals surface area contributed by atoms with Crippen LogP contribution in [0.2, 0.25) is 0 Å². The van der Waals surface area contributed by atoms with E-state index in [9.17, 15) is 37.9 Å².